The summed E-state index contributed by atoms with van der Waals surface area (Å²) in [4.78, 5) is 19.2. The molecule has 26 heavy (non-hydrogen) atoms. The number of fused-ring (bicyclic) bond motifs is 1. The van der Waals surface area contributed by atoms with Crippen LogP contribution in [0.2, 0.25) is 0 Å². The summed E-state index contributed by atoms with van der Waals surface area (Å²) < 4.78 is 2.94. The Balaban J connectivity index is 1.50. The maximum atomic E-state index is 12.3. The number of amides is 1. The first-order valence-electron chi connectivity index (χ1n) is 8.17. The first-order valence-corrected chi connectivity index (χ1v) is 9.78. The Morgan fingerprint density at radius 2 is 2.04 bits per heavy atom. The number of carbonyl (C=O) groups excluding carboxylic acids is 1. The van der Waals surface area contributed by atoms with Gasteiger partial charge in [0.2, 0.25) is 0 Å². The molecule has 1 N–H and O–H groups in total. The third-order valence-corrected chi connectivity index (χ3v) is 5.44. The number of carbonyl (C=O) groups is 1. The van der Waals surface area contributed by atoms with Crippen LogP contribution in [-0.2, 0) is 6.54 Å². The molecule has 0 saturated carbocycles. The lowest BCUT2D eigenvalue weighted by molar-refractivity contribution is 0.0951. The highest BCUT2D eigenvalue weighted by Gasteiger charge is 2.09. The molecule has 4 rings (SSSR count). The number of aromatic nitrogens is 2. The quantitative estimate of drug-likeness (QED) is 0.496. The monoisotopic (exact) mass is 425 g/mol. The molecule has 2 aromatic carbocycles. The second-order valence-electron chi connectivity index (χ2n) is 6.05. The molecule has 4 nitrogen and oxygen atoms in total. The van der Waals surface area contributed by atoms with E-state index in [1.165, 1.54) is 4.88 Å². The summed E-state index contributed by atoms with van der Waals surface area (Å²) >= 11 is 5.07. The number of imidazole rings is 1. The Morgan fingerprint density at radius 3 is 2.85 bits per heavy atom. The van der Waals surface area contributed by atoms with E-state index in [0.29, 0.717) is 12.1 Å². The van der Waals surface area contributed by atoms with Crippen LogP contribution in [0.15, 0.2) is 65.4 Å². The smallest absolute Gasteiger partial charge is 0.251 e. The Hall–Kier alpha value is -2.44. The molecule has 0 fully saturated rings. The highest BCUT2D eigenvalue weighted by Crippen LogP contribution is 2.24. The van der Waals surface area contributed by atoms with Gasteiger partial charge < -0.3 is 5.32 Å². The number of hydrogen-bond acceptors (Lipinski definition) is 3. The molecule has 0 aliphatic carbocycles. The predicted octanol–water partition coefficient (Wildman–Crippen LogP) is 5.06. The van der Waals surface area contributed by atoms with E-state index in [9.17, 15) is 4.79 Å². The Morgan fingerprint density at radius 1 is 1.19 bits per heavy atom. The largest absolute Gasteiger partial charge is 0.348 e. The molecule has 4 aromatic rings. The fourth-order valence-corrected chi connectivity index (χ4v) is 4.01. The molecule has 0 atom stereocenters. The van der Waals surface area contributed by atoms with Gasteiger partial charge in [0, 0.05) is 39.4 Å². The number of nitrogens with one attached hydrogen (secondary N) is 1. The molecular weight excluding hydrogens is 410 g/mol. The lowest BCUT2D eigenvalue weighted by Crippen LogP contribution is -2.22. The third kappa shape index (κ3) is 3.57. The zero-order chi connectivity index (χ0) is 18.1. The fraction of sp³-hybridized carbons (Fsp3) is 0.100. The summed E-state index contributed by atoms with van der Waals surface area (Å²) in [5.74, 6) is -0.0883. The molecule has 130 valence electrons. The van der Waals surface area contributed by atoms with Gasteiger partial charge in [0.15, 0.2) is 4.96 Å². The summed E-state index contributed by atoms with van der Waals surface area (Å²) in [5.41, 5.74) is 3.67. The average molecular weight is 426 g/mol. The van der Waals surface area contributed by atoms with E-state index in [1.807, 2.05) is 42.6 Å². The lowest BCUT2D eigenvalue weighted by atomic mass is 10.1. The van der Waals surface area contributed by atoms with Crippen LogP contribution in [0.4, 0.5) is 0 Å². The molecule has 6 heteroatoms. The molecule has 0 bridgehead atoms. The highest BCUT2D eigenvalue weighted by molar-refractivity contribution is 9.10. The minimum absolute atomic E-state index is 0.0883. The van der Waals surface area contributed by atoms with Gasteiger partial charge in [0.05, 0.1) is 5.69 Å². The van der Waals surface area contributed by atoms with Gasteiger partial charge in [-0.2, -0.15) is 0 Å². The van der Waals surface area contributed by atoms with Gasteiger partial charge in [-0.1, -0.05) is 40.2 Å². The van der Waals surface area contributed by atoms with Crippen molar-refractivity contribution in [2.75, 3.05) is 0 Å². The third-order valence-electron chi connectivity index (χ3n) is 4.03. The Labute approximate surface area is 163 Å². The van der Waals surface area contributed by atoms with Crippen molar-refractivity contribution >= 4 is 38.1 Å². The summed E-state index contributed by atoms with van der Waals surface area (Å²) in [6.45, 7) is 2.55. The van der Waals surface area contributed by atoms with Crippen molar-refractivity contribution in [2.45, 2.75) is 13.5 Å². The average Bonchev–Trinajstić information content (AvgIpc) is 3.17. The molecule has 0 spiro atoms. The van der Waals surface area contributed by atoms with Crippen molar-refractivity contribution in [1.82, 2.24) is 14.7 Å². The topological polar surface area (TPSA) is 46.4 Å². The molecule has 1 amide bonds. The molecule has 0 radical (unpaired) electrons. The first-order chi connectivity index (χ1) is 12.6. The second-order valence-corrected chi connectivity index (χ2v) is 8.18. The second kappa shape index (κ2) is 7.05. The van der Waals surface area contributed by atoms with Crippen molar-refractivity contribution in [3.8, 4) is 11.3 Å². The van der Waals surface area contributed by atoms with Crippen LogP contribution >= 0.6 is 27.3 Å². The Kier molecular flexibility index (Phi) is 4.61. The van der Waals surface area contributed by atoms with Crippen LogP contribution in [0, 0.1) is 6.92 Å². The van der Waals surface area contributed by atoms with Gasteiger partial charge in [0.1, 0.15) is 0 Å². The standard InChI is InChI=1S/C20H16BrN3OS/c1-13-11-24-12-18(23-20(24)26-13)15-5-2-4-14(8-15)10-22-19(25)16-6-3-7-17(21)9-16/h2-9,11-12H,10H2,1H3,(H,22,25). The molecule has 0 saturated heterocycles. The van der Waals surface area contributed by atoms with E-state index >= 15 is 0 Å². The number of nitrogens with zero attached hydrogens (tertiary/aromatic N) is 2. The normalized spacial score (nSPS) is 11.0. The van der Waals surface area contributed by atoms with Crippen molar-refractivity contribution in [2.24, 2.45) is 0 Å². The van der Waals surface area contributed by atoms with Crippen LogP contribution < -0.4 is 5.32 Å². The van der Waals surface area contributed by atoms with Gasteiger partial charge >= 0.3 is 0 Å². The predicted molar refractivity (Wildman–Crippen MR) is 109 cm³/mol. The molecule has 2 heterocycles. The van der Waals surface area contributed by atoms with Gasteiger partial charge in [-0.25, -0.2) is 4.98 Å². The number of thiazole rings is 1. The van der Waals surface area contributed by atoms with E-state index in [-0.39, 0.29) is 5.91 Å². The summed E-state index contributed by atoms with van der Waals surface area (Å²) in [6.07, 6.45) is 4.12. The molecule has 2 aromatic heterocycles. The van der Waals surface area contributed by atoms with Crippen molar-refractivity contribution in [3.05, 3.63) is 81.4 Å². The SMILES string of the molecule is Cc1cn2cc(-c3cccc(CNC(=O)c4cccc(Br)c4)c3)nc2s1. The van der Waals surface area contributed by atoms with Crippen molar-refractivity contribution in [3.63, 3.8) is 0 Å². The summed E-state index contributed by atoms with van der Waals surface area (Å²) in [6, 6.07) is 15.5. The first kappa shape index (κ1) is 17.0. The number of halogens is 1. The number of hydrogen-bond donors (Lipinski definition) is 1. The maximum absolute atomic E-state index is 12.3. The summed E-state index contributed by atoms with van der Waals surface area (Å²) in [7, 11) is 0. The molecular formula is C20H16BrN3OS. The molecule has 0 aliphatic rings. The van der Waals surface area contributed by atoms with Gasteiger partial charge in [0.25, 0.3) is 5.91 Å². The van der Waals surface area contributed by atoms with E-state index < -0.39 is 0 Å². The van der Waals surface area contributed by atoms with Crippen LogP contribution in [0.1, 0.15) is 20.8 Å². The van der Waals surface area contributed by atoms with Crippen LogP contribution in [-0.4, -0.2) is 15.3 Å². The Bertz CT molecular complexity index is 1070. The molecule has 0 aliphatic heterocycles. The highest BCUT2D eigenvalue weighted by atomic mass is 79.9. The van der Waals surface area contributed by atoms with E-state index in [4.69, 9.17) is 0 Å². The fourth-order valence-electron chi connectivity index (χ4n) is 2.80. The number of aryl methyl sites for hydroxylation is 1. The van der Waals surface area contributed by atoms with Crippen LogP contribution in [0.5, 0.6) is 0 Å². The lowest BCUT2D eigenvalue weighted by Gasteiger charge is -2.07. The minimum Gasteiger partial charge on any atom is -0.348 e. The number of benzene rings is 2. The maximum Gasteiger partial charge on any atom is 0.251 e. The van der Waals surface area contributed by atoms with Gasteiger partial charge in [-0.15, -0.1) is 11.3 Å². The number of rotatable bonds is 4. The van der Waals surface area contributed by atoms with Gasteiger partial charge in [-0.05, 0) is 36.8 Å². The van der Waals surface area contributed by atoms with Gasteiger partial charge in [-0.3, -0.25) is 9.20 Å². The molecule has 0 unspecified atom stereocenters. The van der Waals surface area contributed by atoms with E-state index in [1.54, 1.807) is 17.4 Å². The minimum atomic E-state index is -0.0883. The zero-order valence-corrected chi connectivity index (χ0v) is 16.5. The van der Waals surface area contributed by atoms with Crippen molar-refractivity contribution in [1.29, 1.82) is 0 Å². The zero-order valence-electron chi connectivity index (χ0n) is 14.1. The van der Waals surface area contributed by atoms with E-state index in [0.717, 1.165) is 26.3 Å². The summed E-state index contributed by atoms with van der Waals surface area (Å²) in [5, 5.41) is 2.97. The van der Waals surface area contributed by atoms with Crippen molar-refractivity contribution < 1.29 is 4.79 Å². The van der Waals surface area contributed by atoms with Crippen LogP contribution in [0.3, 0.4) is 0 Å². The van der Waals surface area contributed by atoms with E-state index in [2.05, 4.69) is 49.8 Å². The van der Waals surface area contributed by atoms with Crippen LogP contribution in [0.25, 0.3) is 16.2 Å².